The van der Waals surface area contributed by atoms with E-state index in [2.05, 4.69) is 0 Å². The van der Waals surface area contributed by atoms with Crippen LogP contribution in [-0.2, 0) is 16.0 Å². The van der Waals surface area contributed by atoms with Gasteiger partial charge in [-0.25, -0.2) is 0 Å². The Balaban J connectivity index is 2.38. The molecule has 3 rings (SSSR count). The summed E-state index contributed by atoms with van der Waals surface area (Å²) in [4.78, 5) is 14.5. The maximum absolute atomic E-state index is 13.7. The van der Waals surface area contributed by atoms with E-state index in [9.17, 15) is 8.91 Å². The molecule has 0 bridgehead atoms. The molecule has 168 valence electrons. The van der Waals surface area contributed by atoms with Crippen LogP contribution in [0.2, 0.25) is 0 Å². The Morgan fingerprint density at radius 1 is 1.43 bits per heavy atom. The summed E-state index contributed by atoms with van der Waals surface area (Å²) in [6.45, 7) is -8.05. The Bertz CT molecular complexity index is 1410. The normalized spacial score (nSPS) is 42.2. The molecule has 2 aliphatic rings. The van der Waals surface area contributed by atoms with Gasteiger partial charge in [0.25, 0.3) is 0 Å². The molecule has 0 spiro atoms. The summed E-state index contributed by atoms with van der Waals surface area (Å²) in [5.74, 6) is -10.9. The number of ether oxygens (including phenoxy) is 3. The molecule has 6 heteroatoms. The number of carbonyl (C=O) groups excluding carboxylic acids is 1. The van der Waals surface area contributed by atoms with Crippen molar-refractivity contribution < 1.29 is 43.7 Å². The Labute approximate surface area is 206 Å². The first-order valence-electron chi connectivity index (χ1n) is 18.4. The lowest BCUT2D eigenvalue weighted by molar-refractivity contribution is -0.160. The fraction of sp³-hybridized carbons (Fsp3) is 0.708. The van der Waals surface area contributed by atoms with Crippen LogP contribution >= 0.6 is 0 Å². The van der Waals surface area contributed by atoms with E-state index < -0.39 is 111 Å². The molecule has 0 saturated carbocycles. The quantitative estimate of drug-likeness (QED) is 0.659. The first-order valence-corrected chi connectivity index (χ1v) is 9.43. The van der Waals surface area contributed by atoms with Gasteiger partial charge in [-0.15, -0.1) is 0 Å². The third kappa shape index (κ3) is 4.75. The lowest BCUT2D eigenvalue weighted by Gasteiger charge is -2.47. The van der Waals surface area contributed by atoms with E-state index in [1.54, 1.807) is 13.8 Å². The fourth-order valence-corrected chi connectivity index (χ4v) is 3.43. The highest BCUT2D eigenvalue weighted by Crippen LogP contribution is 2.44. The summed E-state index contributed by atoms with van der Waals surface area (Å²) in [7, 11) is -2.10. The molecule has 1 aromatic carbocycles. The topological polar surface area (TPSA) is 74.0 Å². The third-order valence-corrected chi connectivity index (χ3v) is 4.79. The van der Waals surface area contributed by atoms with Gasteiger partial charge in [0, 0.05) is 47.8 Å². The van der Waals surface area contributed by atoms with Crippen LogP contribution < -0.4 is 15.2 Å². The molecule has 30 heavy (non-hydrogen) atoms. The van der Waals surface area contributed by atoms with Crippen molar-refractivity contribution in [1.82, 2.24) is 4.90 Å². The van der Waals surface area contributed by atoms with Crippen LogP contribution in [-0.4, -0.2) is 50.2 Å². The highest BCUT2D eigenvalue weighted by molar-refractivity contribution is 5.76. The predicted octanol–water partition coefficient (Wildman–Crippen LogP) is 3.56. The minimum Gasteiger partial charge on any atom is -0.493 e. The van der Waals surface area contributed by atoms with Crippen LogP contribution in [0.1, 0.15) is 82.2 Å². The van der Waals surface area contributed by atoms with Crippen LogP contribution in [0.5, 0.6) is 11.5 Å². The van der Waals surface area contributed by atoms with Crippen molar-refractivity contribution in [1.29, 1.82) is 0 Å². The molecule has 0 aromatic heterocycles. The third-order valence-electron chi connectivity index (χ3n) is 4.79. The Morgan fingerprint density at radius 3 is 2.87 bits per heavy atom. The Morgan fingerprint density at radius 2 is 2.20 bits per heavy atom. The molecule has 1 saturated heterocycles. The van der Waals surface area contributed by atoms with Crippen molar-refractivity contribution >= 4 is 5.97 Å². The van der Waals surface area contributed by atoms with Crippen LogP contribution in [0.15, 0.2) is 12.1 Å². The van der Waals surface area contributed by atoms with E-state index in [1.165, 1.54) is 0 Å². The van der Waals surface area contributed by atoms with E-state index in [4.69, 9.17) is 40.5 Å². The largest absolute Gasteiger partial charge is 0.493 e. The molecule has 6 nitrogen and oxygen atoms in total. The first kappa shape index (κ1) is 8.99. The van der Waals surface area contributed by atoms with E-state index in [1.807, 2.05) is 0 Å². The van der Waals surface area contributed by atoms with Crippen molar-refractivity contribution in [3.05, 3.63) is 23.2 Å². The van der Waals surface area contributed by atoms with Gasteiger partial charge in [0.1, 0.15) is 12.1 Å². The van der Waals surface area contributed by atoms with Crippen molar-refractivity contribution in [3.8, 4) is 11.5 Å². The molecule has 0 radical (unpaired) electrons. The number of rotatable bonds is 7. The van der Waals surface area contributed by atoms with Crippen LogP contribution in [0.4, 0.5) is 0 Å². The number of fused-ring (bicyclic) bond motifs is 3. The lowest BCUT2D eigenvalue weighted by Crippen LogP contribution is -2.51. The van der Waals surface area contributed by atoms with Crippen molar-refractivity contribution in [2.24, 2.45) is 23.4 Å². The predicted molar refractivity (Wildman–Crippen MR) is 118 cm³/mol. The lowest BCUT2D eigenvalue weighted by atomic mass is 9.79. The molecule has 2 aliphatic heterocycles. The van der Waals surface area contributed by atoms with Gasteiger partial charge >= 0.3 is 5.97 Å². The molecular formula is C24H38N2O4. The number of esters is 1. The molecule has 3 unspecified atom stereocenters. The summed E-state index contributed by atoms with van der Waals surface area (Å²) < 4.78 is 165. The second kappa shape index (κ2) is 9.56. The summed E-state index contributed by atoms with van der Waals surface area (Å²) in [6.07, 6.45) is -6.52. The van der Waals surface area contributed by atoms with Gasteiger partial charge in [0.2, 0.25) is 0 Å². The SMILES string of the molecule is [2H]c1c2c(c([2H])c(OC([2H])([2H])[2H])c1OC)C1N(CC2)C([2H])([2H])C([2H])(CC(C)C)C(OC(=O)[C@@]([2H])(N)C([2H])(C([2H])([2H])[2H])C([2H])([2H])[2H])C1([2H])[2H]. The molecule has 1 fully saturated rings. The van der Waals surface area contributed by atoms with Gasteiger partial charge in [-0.2, -0.15) is 0 Å². The van der Waals surface area contributed by atoms with Crippen molar-refractivity contribution in [3.63, 3.8) is 0 Å². The highest BCUT2D eigenvalue weighted by Gasteiger charge is 2.41. The second-order valence-corrected chi connectivity index (χ2v) is 7.43. The Hall–Kier alpha value is -1.79. The molecule has 2 N–H and O–H groups in total. The summed E-state index contributed by atoms with van der Waals surface area (Å²) >= 11 is 0. The molecule has 0 amide bonds. The number of benzene rings is 1. The van der Waals surface area contributed by atoms with Crippen molar-refractivity contribution in [2.45, 2.75) is 64.9 Å². The van der Waals surface area contributed by atoms with E-state index in [0.29, 0.717) is 0 Å². The zero-order chi connectivity index (χ0) is 37.6. The van der Waals surface area contributed by atoms with Gasteiger partial charge < -0.3 is 19.9 Å². The molecule has 4 atom stereocenters. The van der Waals surface area contributed by atoms with Gasteiger partial charge in [0.05, 0.1) is 22.4 Å². The first-order chi connectivity index (χ1) is 21.3. The number of carbonyl (C=O) groups is 1. The monoisotopic (exact) mass is 436 g/mol. The van der Waals surface area contributed by atoms with E-state index >= 15 is 0 Å². The maximum Gasteiger partial charge on any atom is 0.323 e. The minimum absolute atomic E-state index is 0.0641. The zero-order valence-corrected chi connectivity index (χ0v) is 17.0. The summed E-state index contributed by atoms with van der Waals surface area (Å²) in [5.41, 5.74) is 5.18. The molecule has 0 aliphatic carbocycles. The number of methoxy groups -OCH3 is 2. The number of hydrogen-bond acceptors (Lipinski definition) is 6. The summed E-state index contributed by atoms with van der Waals surface area (Å²) in [6, 6.07) is -7.28. The summed E-state index contributed by atoms with van der Waals surface area (Å²) in [5, 5.41) is 0. The highest BCUT2D eigenvalue weighted by atomic mass is 16.5. The number of nitrogens with zero attached hydrogens (tertiary/aromatic N) is 1. The van der Waals surface area contributed by atoms with E-state index in [0.717, 1.165) is 12.0 Å². The number of nitrogens with two attached hydrogens (primary N) is 1. The minimum atomic E-state index is -4.05. The van der Waals surface area contributed by atoms with Crippen LogP contribution in [0.25, 0.3) is 0 Å². The zero-order valence-electron chi connectivity index (χ0n) is 35.0. The van der Waals surface area contributed by atoms with Gasteiger partial charge in [-0.05, 0) is 47.9 Å². The number of piperidine rings is 1. The van der Waals surface area contributed by atoms with Crippen LogP contribution in [0.3, 0.4) is 0 Å². The molecular weight excluding hydrogens is 380 g/mol. The number of hydrogen-bond donors (Lipinski definition) is 1. The van der Waals surface area contributed by atoms with Gasteiger partial charge in [0.15, 0.2) is 11.5 Å². The average Bonchev–Trinajstić information content (AvgIpc) is 2.89. The smallest absolute Gasteiger partial charge is 0.323 e. The van der Waals surface area contributed by atoms with Gasteiger partial charge in [-0.3, -0.25) is 9.69 Å². The average molecular weight is 437 g/mol. The maximum atomic E-state index is 13.7. The second-order valence-electron chi connectivity index (χ2n) is 7.43. The standard InChI is InChI=1S/C24H38N2O4/c1-14(2)9-17-13-26-8-7-16-10-21(28-5)22(29-6)11-18(16)19(26)12-20(17)30-24(27)23(25)15(3)4/h10-11,14-15,17,19-20,23H,7-9,12-13,25H2,1-6H3/t17?,19?,20?,23-/m0/s1/i3D3,4D3,6D3,10D,11D,12D2,13D2,15D,17D,23D. The molecule has 2 heterocycles. The van der Waals surface area contributed by atoms with Crippen LogP contribution in [0, 0.1) is 17.7 Å². The fourth-order valence-electron chi connectivity index (χ4n) is 3.43. The van der Waals surface area contributed by atoms with E-state index in [-0.39, 0.29) is 18.5 Å². The molecule has 1 aromatic rings. The van der Waals surface area contributed by atoms with Gasteiger partial charge in [-0.1, -0.05) is 27.6 Å². The Kier molecular flexibility index (Phi) is 2.86. The van der Waals surface area contributed by atoms with Crippen molar-refractivity contribution in [2.75, 3.05) is 27.2 Å².